The van der Waals surface area contributed by atoms with Crippen LogP contribution in [-0.4, -0.2) is 58.9 Å². The molecule has 0 saturated carbocycles. The molecule has 49 heavy (non-hydrogen) atoms. The minimum absolute atomic E-state index is 0. The molecule has 0 aliphatic rings. The van der Waals surface area contributed by atoms with E-state index in [1.807, 2.05) is 0 Å². The van der Waals surface area contributed by atoms with Gasteiger partial charge in [0.1, 0.15) is 0 Å². The summed E-state index contributed by atoms with van der Waals surface area (Å²) in [5.41, 5.74) is -1.32. The Labute approximate surface area is 304 Å². The van der Waals surface area contributed by atoms with Crippen LogP contribution in [0.25, 0.3) is 0 Å². The van der Waals surface area contributed by atoms with E-state index < -0.39 is 43.6 Å². The molecule has 252 valence electrons. The number of rotatable bonds is 8. The maximum Gasteiger partial charge on any atom is 0.335 e. The van der Waals surface area contributed by atoms with Crippen LogP contribution in [0.4, 0.5) is 22.7 Å². The van der Waals surface area contributed by atoms with Gasteiger partial charge in [-0.3, -0.25) is 40.5 Å². The number of nitro groups is 4. The Kier molecular flexibility index (Phi) is 18.1. The molecule has 4 aromatic rings. The van der Waals surface area contributed by atoms with Crippen LogP contribution in [0.15, 0.2) is 97.1 Å². The summed E-state index contributed by atoms with van der Waals surface area (Å²) in [7, 11) is 0. The number of benzene rings is 4. The number of non-ortho nitro benzene ring substituents is 4. The summed E-state index contributed by atoms with van der Waals surface area (Å²) in [6, 6.07) is 19.4. The third kappa shape index (κ3) is 15.2. The Balaban J connectivity index is 0.000000623. The molecule has 0 aliphatic carbocycles. The number of carbonyl (C=O) groups excluding carboxylic acids is 1. The number of carbonyl (C=O) groups is 4. The quantitative estimate of drug-likeness (QED) is 0.167. The Morgan fingerprint density at radius 2 is 0.633 bits per heavy atom. The molecule has 0 bridgehead atoms. The third-order valence-electron chi connectivity index (χ3n) is 5.20. The molecule has 0 saturated heterocycles. The van der Waals surface area contributed by atoms with Crippen molar-refractivity contribution in [3.05, 3.63) is 160 Å². The van der Waals surface area contributed by atoms with E-state index in [4.69, 9.17) is 15.3 Å². The minimum atomic E-state index is -1.42. The van der Waals surface area contributed by atoms with Crippen LogP contribution < -0.4 is 5.11 Å². The molecular formula is C28H19N4O16Th-. The van der Waals surface area contributed by atoms with Crippen molar-refractivity contribution in [1.29, 1.82) is 0 Å². The van der Waals surface area contributed by atoms with E-state index in [1.165, 1.54) is 72.8 Å². The van der Waals surface area contributed by atoms with Gasteiger partial charge in [-0.1, -0.05) is 30.3 Å². The topological polar surface area (TPSA) is 325 Å². The molecule has 21 heteroatoms. The molecular weight excluding hydrogens is 880 g/mol. The van der Waals surface area contributed by atoms with Crippen molar-refractivity contribution >= 4 is 46.6 Å². The Bertz CT molecular complexity index is 1500. The SMILES string of the molecule is O=C(O)c1cccc([N+](=O)[O-])c1.O=C(O)c1cccc([N+](=O)[O-])c1.O=C(O)c1cccc([N+](=O)[O-])c1.O=C([O-])c1cccc([N+](=O)[O-])c1.[Th]. The summed E-state index contributed by atoms with van der Waals surface area (Å²) < 4.78 is 0. The molecule has 0 amide bonds. The number of carboxylic acid groups (broad SMARTS) is 4. The van der Waals surface area contributed by atoms with Gasteiger partial charge in [0.2, 0.25) is 0 Å². The van der Waals surface area contributed by atoms with Crippen molar-refractivity contribution in [3.63, 3.8) is 0 Å². The molecule has 0 aliphatic heterocycles. The molecule has 3 N–H and O–H groups in total. The first-order valence-electron chi connectivity index (χ1n) is 12.3. The largest absolute Gasteiger partial charge is 0.545 e. The van der Waals surface area contributed by atoms with Crippen LogP contribution in [0, 0.1) is 80.4 Å². The summed E-state index contributed by atoms with van der Waals surface area (Å²) in [6.45, 7) is 0. The van der Waals surface area contributed by atoms with Crippen LogP contribution in [0.2, 0.25) is 0 Å². The van der Waals surface area contributed by atoms with Gasteiger partial charge in [-0.25, -0.2) is 14.4 Å². The van der Waals surface area contributed by atoms with E-state index in [0.717, 1.165) is 24.3 Å². The minimum Gasteiger partial charge on any atom is -0.545 e. The van der Waals surface area contributed by atoms with E-state index in [9.17, 15) is 64.7 Å². The van der Waals surface area contributed by atoms with Gasteiger partial charge in [-0.05, 0) is 18.2 Å². The fourth-order valence-corrected chi connectivity index (χ4v) is 3.00. The molecule has 4 rings (SSSR count). The molecule has 0 radical (unpaired) electrons. The number of hydrogen-bond acceptors (Lipinski definition) is 13. The average Bonchev–Trinajstić information content (AvgIpc) is 3.05. The Morgan fingerprint density at radius 1 is 0.429 bits per heavy atom. The molecule has 0 unspecified atom stereocenters. The number of nitrogens with zero attached hydrogens (tertiary/aromatic N) is 4. The second-order valence-electron chi connectivity index (χ2n) is 8.43. The van der Waals surface area contributed by atoms with Crippen LogP contribution in [0.1, 0.15) is 41.4 Å². The van der Waals surface area contributed by atoms with Crippen LogP contribution in [0.3, 0.4) is 0 Å². The normalized spacial score (nSPS) is 9.14. The van der Waals surface area contributed by atoms with Crippen LogP contribution in [-0.2, 0) is 0 Å². The summed E-state index contributed by atoms with van der Waals surface area (Å²) in [4.78, 5) is 79.5. The number of nitro benzene ring substituents is 4. The van der Waals surface area contributed by atoms with Crippen molar-refractivity contribution in [3.8, 4) is 0 Å². The number of carboxylic acids is 4. The molecule has 0 atom stereocenters. The summed E-state index contributed by atoms with van der Waals surface area (Å²) in [5.74, 6) is -4.92. The first kappa shape index (κ1) is 42.7. The molecule has 0 spiro atoms. The van der Waals surface area contributed by atoms with Gasteiger partial charge < -0.3 is 25.2 Å². The maximum absolute atomic E-state index is 10.4. The van der Waals surface area contributed by atoms with Crippen LogP contribution in [0.5, 0.6) is 0 Å². The van der Waals surface area contributed by atoms with Crippen molar-refractivity contribution in [2.45, 2.75) is 0 Å². The van der Waals surface area contributed by atoms with E-state index in [1.54, 1.807) is 0 Å². The van der Waals surface area contributed by atoms with E-state index in [0.29, 0.717) is 0 Å². The molecule has 20 nitrogen and oxygen atoms in total. The van der Waals surface area contributed by atoms with Gasteiger partial charge in [0, 0.05) is 94.0 Å². The molecule has 0 aromatic heterocycles. The van der Waals surface area contributed by atoms with Gasteiger partial charge in [0.15, 0.2) is 0 Å². The maximum atomic E-state index is 10.4. The summed E-state index contributed by atoms with van der Waals surface area (Å²) in [5, 5.41) is 76.4. The standard InChI is InChI=1S/4C7H5NO4.Th/c4*9-7(10)5-2-1-3-6(4-5)8(11)12;/h4*1-4H,(H,9,10);/p-1. The number of hydrogen-bond donors (Lipinski definition) is 3. The Hall–Kier alpha value is -6.32. The Morgan fingerprint density at radius 3 is 0.816 bits per heavy atom. The monoisotopic (exact) mass is 899 g/mol. The van der Waals surface area contributed by atoms with E-state index in [2.05, 4.69) is 0 Å². The van der Waals surface area contributed by atoms with E-state index in [-0.39, 0.29) is 84.9 Å². The van der Waals surface area contributed by atoms with Crippen LogP contribution >= 0.6 is 0 Å². The predicted molar refractivity (Wildman–Crippen MR) is 158 cm³/mol. The fraction of sp³-hybridized carbons (Fsp3) is 0. The van der Waals surface area contributed by atoms with Crippen molar-refractivity contribution in [2.75, 3.05) is 0 Å². The molecule has 0 heterocycles. The van der Waals surface area contributed by atoms with Gasteiger partial charge >= 0.3 is 17.9 Å². The zero-order valence-corrected chi connectivity index (χ0v) is 28.3. The zero-order chi connectivity index (χ0) is 36.6. The van der Waals surface area contributed by atoms with Gasteiger partial charge in [0.05, 0.1) is 42.4 Å². The number of aromatic carboxylic acids is 4. The first-order chi connectivity index (χ1) is 22.4. The van der Waals surface area contributed by atoms with Gasteiger partial charge in [0.25, 0.3) is 22.7 Å². The van der Waals surface area contributed by atoms with Gasteiger partial charge in [-0.2, -0.15) is 0 Å². The predicted octanol–water partition coefficient (Wildman–Crippen LogP) is 3.84. The zero-order valence-electron chi connectivity index (χ0n) is 24.2. The van der Waals surface area contributed by atoms with Gasteiger partial charge in [-0.15, -0.1) is 0 Å². The second-order valence-corrected chi connectivity index (χ2v) is 8.43. The van der Waals surface area contributed by atoms with Crippen molar-refractivity contribution in [1.82, 2.24) is 0 Å². The average molecular weight is 900 g/mol. The smallest absolute Gasteiger partial charge is 0.335 e. The fourth-order valence-electron chi connectivity index (χ4n) is 3.00. The second kappa shape index (κ2) is 20.7. The summed E-state index contributed by atoms with van der Waals surface area (Å²) >= 11 is 0. The molecule has 4 aromatic carbocycles. The van der Waals surface area contributed by atoms with Crippen molar-refractivity contribution in [2.24, 2.45) is 0 Å². The first-order valence-corrected chi connectivity index (χ1v) is 12.3. The summed E-state index contributed by atoms with van der Waals surface area (Å²) in [6.07, 6.45) is 0. The third-order valence-corrected chi connectivity index (χ3v) is 5.20. The van der Waals surface area contributed by atoms with Crippen molar-refractivity contribution < 1.29 is 99.2 Å². The van der Waals surface area contributed by atoms with E-state index >= 15 is 0 Å². The molecule has 0 fully saturated rings.